The van der Waals surface area contributed by atoms with Gasteiger partial charge < -0.3 is 25.8 Å². The molecule has 0 aromatic carbocycles. The van der Waals surface area contributed by atoms with E-state index in [0.29, 0.717) is 0 Å². The molecule has 0 saturated heterocycles. The summed E-state index contributed by atoms with van der Waals surface area (Å²) in [7, 11) is 1.22. The lowest BCUT2D eigenvalue weighted by atomic mass is 9.98. The summed E-state index contributed by atoms with van der Waals surface area (Å²) < 4.78 is 5.71. The molecule has 1 rings (SSSR count). The quantitative estimate of drug-likeness (QED) is 0.459. The number of aliphatic hydroxyl groups is 3. The minimum absolute atomic E-state index is 0.0135. The van der Waals surface area contributed by atoms with Crippen molar-refractivity contribution in [3.05, 3.63) is 22.7 Å². The van der Waals surface area contributed by atoms with E-state index in [0.717, 1.165) is 4.57 Å². The highest BCUT2D eigenvalue weighted by atomic mass is 35.5. The zero-order chi connectivity index (χ0) is 14.6. The summed E-state index contributed by atoms with van der Waals surface area (Å²) in [6.45, 7) is -0.637. The molecule has 0 bridgehead atoms. The average molecular weight is 294 g/mol. The Kier molecular flexibility index (Phi) is 5.27. The maximum absolute atomic E-state index is 11.5. The van der Waals surface area contributed by atoms with E-state index >= 15 is 0 Å². The molecule has 5 N–H and O–H groups in total. The van der Waals surface area contributed by atoms with Crippen molar-refractivity contribution in [1.82, 2.24) is 9.55 Å². The summed E-state index contributed by atoms with van der Waals surface area (Å²) in [5.74, 6) is -0.296. The van der Waals surface area contributed by atoms with Crippen LogP contribution in [0.2, 0.25) is 0 Å². The van der Waals surface area contributed by atoms with Crippen LogP contribution in [0.4, 0.5) is 5.82 Å². The molecule has 1 aromatic heterocycles. The molecule has 0 amide bonds. The maximum Gasteiger partial charge on any atom is 0.351 e. The summed E-state index contributed by atoms with van der Waals surface area (Å²) in [4.78, 5) is 15.0. The second-order valence-electron chi connectivity index (χ2n) is 3.96. The number of nitrogens with zero attached hydrogens (tertiary/aromatic N) is 2. The zero-order valence-corrected chi connectivity index (χ0v) is 11.0. The van der Waals surface area contributed by atoms with Gasteiger partial charge in [-0.25, -0.2) is 4.79 Å². The van der Waals surface area contributed by atoms with Crippen molar-refractivity contribution in [2.24, 2.45) is 0 Å². The van der Waals surface area contributed by atoms with Gasteiger partial charge in [0.1, 0.15) is 17.5 Å². The first-order chi connectivity index (χ1) is 8.91. The molecule has 1 heterocycles. The van der Waals surface area contributed by atoms with Crippen LogP contribution in [0.1, 0.15) is 6.23 Å². The fourth-order valence-electron chi connectivity index (χ4n) is 1.51. The number of rotatable bonds is 6. The third-order valence-electron chi connectivity index (χ3n) is 2.86. The second-order valence-corrected chi connectivity index (χ2v) is 4.23. The average Bonchev–Trinajstić information content (AvgIpc) is 2.40. The first kappa shape index (κ1) is 15.9. The number of ether oxygens (including phenoxy) is 1. The number of hydrogen-bond donors (Lipinski definition) is 4. The van der Waals surface area contributed by atoms with Gasteiger partial charge in [0.15, 0.2) is 6.23 Å². The minimum Gasteiger partial charge on any atom is -0.393 e. The molecule has 108 valence electrons. The van der Waals surface area contributed by atoms with Gasteiger partial charge in [0.2, 0.25) is 0 Å². The van der Waals surface area contributed by atoms with Crippen LogP contribution in [0.3, 0.4) is 0 Å². The molecule has 1 aromatic rings. The van der Waals surface area contributed by atoms with Gasteiger partial charge in [-0.15, -0.1) is 11.6 Å². The molecule has 0 aliphatic heterocycles. The van der Waals surface area contributed by atoms with Crippen molar-refractivity contribution in [2.75, 3.05) is 25.3 Å². The highest BCUT2D eigenvalue weighted by Gasteiger charge is 2.42. The summed E-state index contributed by atoms with van der Waals surface area (Å²) in [6.07, 6.45) is -2.15. The molecule has 0 aliphatic carbocycles. The summed E-state index contributed by atoms with van der Waals surface area (Å²) in [5.41, 5.74) is 2.87. The fraction of sp³-hybridized carbons (Fsp3) is 0.600. The lowest BCUT2D eigenvalue weighted by molar-refractivity contribution is -0.170. The van der Waals surface area contributed by atoms with E-state index in [1.165, 1.54) is 19.4 Å². The monoisotopic (exact) mass is 293 g/mol. The normalized spacial score (nSPS) is 17.7. The smallest absolute Gasteiger partial charge is 0.351 e. The standard InChI is InChI=1S/C10H16ClN3O5/c1-19-10(4-11,5-15)7(16)8(17)14-3-2-6(12)13-9(14)18/h2-3,7-8,15-17H,4-5H2,1H3,(H2,12,13,18)/t7-,8+,10+/m0/s1. The van der Waals surface area contributed by atoms with Crippen molar-refractivity contribution in [2.45, 2.75) is 17.9 Å². The van der Waals surface area contributed by atoms with Gasteiger partial charge >= 0.3 is 5.69 Å². The van der Waals surface area contributed by atoms with Gasteiger partial charge in [-0.3, -0.25) is 4.57 Å². The lowest BCUT2D eigenvalue weighted by Gasteiger charge is -2.35. The number of aliphatic hydroxyl groups excluding tert-OH is 3. The Bertz CT molecular complexity index is 468. The zero-order valence-electron chi connectivity index (χ0n) is 10.2. The van der Waals surface area contributed by atoms with E-state index in [1.807, 2.05) is 0 Å². The summed E-state index contributed by atoms with van der Waals surface area (Å²) >= 11 is 5.64. The molecule has 19 heavy (non-hydrogen) atoms. The number of anilines is 1. The summed E-state index contributed by atoms with van der Waals surface area (Å²) in [5, 5.41) is 29.3. The van der Waals surface area contributed by atoms with Gasteiger partial charge in [0.05, 0.1) is 12.5 Å². The maximum atomic E-state index is 11.5. The molecule has 3 atom stereocenters. The van der Waals surface area contributed by atoms with Crippen LogP contribution in [-0.4, -0.2) is 56.2 Å². The fourth-order valence-corrected chi connectivity index (χ4v) is 1.86. The van der Waals surface area contributed by atoms with E-state index in [2.05, 4.69) is 4.98 Å². The number of nitrogen functional groups attached to an aromatic ring is 1. The van der Waals surface area contributed by atoms with E-state index in [-0.39, 0.29) is 11.7 Å². The Morgan fingerprint density at radius 2 is 2.26 bits per heavy atom. The Morgan fingerprint density at radius 3 is 2.68 bits per heavy atom. The molecule has 0 unspecified atom stereocenters. The van der Waals surface area contributed by atoms with Crippen molar-refractivity contribution < 1.29 is 20.1 Å². The first-order valence-electron chi connectivity index (χ1n) is 5.34. The number of halogens is 1. The van der Waals surface area contributed by atoms with Crippen LogP contribution in [0, 0.1) is 0 Å². The number of hydrogen-bond acceptors (Lipinski definition) is 7. The molecule has 0 fully saturated rings. The van der Waals surface area contributed by atoms with E-state index < -0.39 is 30.2 Å². The SMILES string of the molecule is CO[C@@](CO)(CCl)[C@@H](O)[C@@H](O)n1ccc(N)nc1=O. The molecular formula is C10H16ClN3O5. The van der Waals surface area contributed by atoms with Crippen LogP contribution >= 0.6 is 11.6 Å². The molecule has 0 radical (unpaired) electrons. The van der Waals surface area contributed by atoms with Gasteiger partial charge in [-0.2, -0.15) is 4.98 Å². The molecule has 0 spiro atoms. The third kappa shape index (κ3) is 3.04. The van der Waals surface area contributed by atoms with Crippen LogP contribution in [0.25, 0.3) is 0 Å². The van der Waals surface area contributed by atoms with Gasteiger partial charge in [0.25, 0.3) is 0 Å². The van der Waals surface area contributed by atoms with Gasteiger partial charge in [-0.05, 0) is 6.07 Å². The summed E-state index contributed by atoms with van der Waals surface area (Å²) in [6, 6.07) is 1.28. The number of aromatic nitrogens is 2. The van der Waals surface area contributed by atoms with Crippen LogP contribution < -0.4 is 11.4 Å². The molecule has 9 heteroatoms. The predicted octanol–water partition coefficient (Wildman–Crippen LogP) is -1.71. The van der Waals surface area contributed by atoms with E-state index in [9.17, 15) is 20.1 Å². The van der Waals surface area contributed by atoms with E-state index in [4.69, 9.17) is 22.1 Å². The van der Waals surface area contributed by atoms with Crippen molar-refractivity contribution in [1.29, 1.82) is 0 Å². The van der Waals surface area contributed by atoms with Crippen LogP contribution in [0.15, 0.2) is 17.1 Å². The number of alkyl halides is 1. The Hall–Kier alpha value is -1.19. The topological polar surface area (TPSA) is 131 Å². The van der Waals surface area contributed by atoms with E-state index in [1.54, 1.807) is 0 Å². The number of nitrogens with two attached hydrogens (primary N) is 1. The molecule has 0 aliphatic rings. The predicted molar refractivity (Wildman–Crippen MR) is 67.7 cm³/mol. The Labute approximate surface area is 114 Å². The van der Waals surface area contributed by atoms with Crippen molar-refractivity contribution >= 4 is 17.4 Å². The Balaban J connectivity index is 3.11. The third-order valence-corrected chi connectivity index (χ3v) is 3.31. The molecule has 0 saturated carbocycles. The second kappa shape index (κ2) is 6.31. The lowest BCUT2D eigenvalue weighted by Crippen LogP contribution is -2.54. The van der Waals surface area contributed by atoms with Crippen LogP contribution in [-0.2, 0) is 4.74 Å². The molecular weight excluding hydrogens is 278 g/mol. The van der Waals surface area contributed by atoms with Crippen molar-refractivity contribution in [3.8, 4) is 0 Å². The largest absolute Gasteiger partial charge is 0.393 e. The highest BCUT2D eigenvalue weighted by molar-refractivity contribution is 6.18. The molecule has 8 nitrogen and oxygen atoms in total. The van der Waals surface area contributed by atoms with Gasteiger partial charge in [-0.1, -0.05) is 0 Å². The Morgan fingerprint density at radius 1 is 1.63 bits per heavy atom. The van der Waals surface area contributed by atoms with Gasteiger partial charge in [0, 0.05) is 13.3 Å². The number of methoxy groups -OCH3 is 1. The van der Waals surface area contributed by atoms with Crippen molar-refractivity contribution in [3.63, 3.8) is 0 Å². The van der Waals surface area contributed by atoms with Crippen LogP contribution in [0.5, 0.6) is 0 Å². The first-order valence-corrected chi connectivity index (χ1v) is 5.88. The highest BCUT2D eigenvalue weighted by Crippen LogP contribution is 2.24. The minimum atomic E-state index is -1.69.